The third-order valence-electron chi connectivity index (χ3n) is 4.02. The van der Waals surface area contributed by atoms with Crippen molar-refractivity contribution >= 4 is 12.0 Å². The highest BCUT2D eigenvalue weighted by Gasteiger charge is 2.18. The topological polar surface area (TPSA) is 65.7 Å². The number of β-amino-alcohol motifs (C(OH)–C–C–N with tert-alkyl or cyclic N) is 1. The van der Waals surface area contributed by atoms with Crippen LogP contribution in [0.25, 0.3) is 6.08 Å². The second-order valence-corrected chi connectivity index (χ2v) is 6.16. The third kappa shape index (κ3) is 5.66. The van der Waals surface area contributed by atoms with E-state index in [1.165, 1.54) is 18.9 Å². The van der Waals surface area contributed by atoms with Crippen LogP contribution in [0.15, 0.2) is 22.6 Å². The third-order valence-corrected chi connectivity index (χ3v) is 4.02. The maximum Gasteiger partial charge on any atom is 0.244 e. The molecular weight excluding hydrogens is 280 g/mol. The van der Waals surface area contributed by atoms with Crippen molar-refractivity contribution in [3.8, 4) is 0 Å². The summed E-state index contributed by atoms with van der Waals surface area (Å²) in [6, 6.07) is 3.66. The predicted octanol–water partition coefficient (Wildman–Crippen LogP) is 1.81. The van der Waals surface area contributed by atoms with Crippen molar-refractivity contribution in [1.29, 1.82) is 0 Å². The van der Waals surface area contributed by atoms with Gasteiger partial charge in [-0.3, -0.25) is 4.79 Å². The first-order chi connectivity index (χ1) is 10.5. The first kappa shape index (κ1) is 16.8. The number of carbonyl (C=O) groups is 1. The molecule has 1 aliphatic rings. The number of carbonyl (C=O) groups excluding carboxylic acids is 1. The van der Waals surface area contributed by atoms with Crippen molar-refractivity contribution in [3.63, 3.8) is 0 Å². The Labute approximate surface area is 132 Å². The zero-order chi connectivity index (χ0) is 15.9. The molecule has 1 saturated heterocycles. The SMILES string of the molecule is Cc1ccc(/C=C/C(=O)NCC(O)CN2CCC(C)CC2)o1. The first-order valence-electron chi connectivity index (χ1n) is 7.95. The van der Waals surface area contributed by atoms with Crippen LogP contribution in [-0.2, 0) is 4.79 Å². The van der Waals surface area contributed by atoms with Crippen LogP contribution < -0.4 is 5.32 Å². The van der Waals surface area contributed by atoms with Crippen LogP contribution in [-0.4, -0.2) is 48.2 Å². The second kappa shape index (κ2) is 8.15. The number of furan rings is 1. The molecule has 1 aliphatic heterocycles. The molecule has 0 aromatic carbocycles. The molecule has 1 unspecified atom stereocenters. The Balaban J connectivity index is 1.66. The van der Waals surface area contributed by atoms with E-state index >= 15 is 0 Å². The molecule has 122 valence electrons. The zero-order valence-electron chi connectivity index (χ0n) is 13.4. The standard InChI is InChI=1S/C17H26N2O3/c1-13-7-9-19(10-8-13)12-15(20)11-18-17(21)6-5-16-4-3-14(2)22-16/h3-6,13,15,20H,7-12H2,1-2H3,(H,18,21)/b6-5+. The van der Waals surface area contributed by atoms with Gasteiger partial charge in [0.25, 0.3) is 0 Å². The van der Waals surface area contributed by atoms with Crippen molar-refractivity contribution in [2.75, 3.05) is 26.2 Å². The van der Waals surface area contributed by atoms with E-state index in [0.29, 0.717) is 12.3 Å². The average Bonchev–Trinajstić information content (AvgIpc) is 2.91. The van der Waals surface area contributed by atoms with E-state index in [1.54, 1.807) is 6.08 Å². The Morgan fingerprint density at radius 3 is 2.86 bits per heavy atom. The summed E-state index contributed by atoms with van der Waals surface area (Å²) in [4.78, 5) is 14.0. The molecule has 1 fully saturated rings. The molecule has 1 atom stereocenters. The van der Waals surface area contributed by atoms with Crippen LogP contribution >= 0.6 is 0 Å². The number of piperidine rings is 1. The van der Waals surface area contributed by atoms with E-state index in [-0.39, 0.29) is 12.5 Å². The zero-order valence-corrected chi connectivity index (χ0v) is 13.4. The van der Waals surface area contributed by atoms with Gasteiger partial charge < -0.3 is 19.7 Å². The van der Waals surface area contributed by atoms with Gasteiger partial charge in [0, 0.05) is 19.2 Å². The van der Waals surface area contributed by atoms with Gasteiger partial charge in [-0.05, 0) is 57.0 Å². The fourth-order valence-electron chi connectivity index (χ4n) is 2.59. The molecule has 0 saturated carbocycles. The quantitative estimate of drug-likeness (QED) is 0.787. The molecular formula is C17H26N2O3. The largest absolute Gasteiger partial charge is 0.462 e. The summed E-state index contributed by atoms with van der Waals surface area (Å²) in [5.74, 6) is 2.02. The lowest BCUT2D eigenvalue weighted by atomic mass is 9.99. The number of rotatable bonds is 6. The Hall–Kier alpha value is -1.59. The summed E-state index contributed by atoms with van der Waals surface area (Å²) in [7, 11) is 0. The van der Waals surface area contributed by atoms with Crippen molar-refractivity contribution in [2.45, 2.75) is 32.8 Å². The van der Waals surface area contributed by atoms with Gasteiger partial charge in [-0.25, -0.2) is 0 Å². The number of hydrogen-bond donors (Lipinski definition) is 2. The maximum absolute atomic E-state index is 11.7. The number of aliphatic hydroxyl groups is 1. The van der Waals surface area contributed by atoms with E-state index in [4.69, 9.17) is 4.42 Å². The monoisotopic (exact) mass is 306 g/mol. The summed E-state index contributed by atoms with van der Waals surface area (Å²) < 4.78 is 5.35. The van der Waals surface area contributed by atoms with Crippen LogP contribution in [0.5, 0.6) is 0 Å². The minimum atomic E-state index is -0.531. The van der Waals surface area contributed by atoms with Crippen LogP contribution in [0.4, 0.5) is 0 Å². The lowest BCUT2D eigenvalue weighted by Crippen LogP contribution is -2.42. The van der Waals surface area contributed by atoms with Gasteiger partial charge in [0.05, 0.1) is 6.10 Å². The summed E-state index contributed by atoms with van der Waals surface area (Å²) in [5.41, 5.74) is 0. The molecule has 1 aromatic heterocycles. The van der Waals surface area contributed by atoms with E-state index in [0.717, 1.165) is 24.8 Å². The van der Waals surface area contributed by atoms with Crippen molar-refractivity contribution in [1.82, 2.24) is 10.2 Å². The highest BCUT2D eigenvalue weighted by Crippen LogP contribution is 2.15. The molecule has 0 radical (unpaired) electrons. The van der Waals surface area contributed by atoms with Gasteiger partial charge in [-0.1, -0.05) is 6.92 Å². The van der Waals surface area contributed by atoms with Crippen LogP contribution in [0, 0.1) is 12.8 Å². The molecule has 1 aromatic rings. The van der Waals surface area contributed by atoms with Crippen molar-refractivity contribution < 1.29 is 14.3 Å². The lowest BCUT2D eigenvalue weighted by molar-refractivity contribution is -0.116. The van der Waals surface area contributed by atoms with Gasteiger partial charge in [-0.15, -0.1) is 0 Å². The van der Waals surface area contributed by atoms with E-state index in [9.17, 15) is 9.90 Å². The highest BCUT2D eigenvalue weighted by molar-refractivity contribution is 5.91. The molecule has 0 aliphatic carbocycles. The van der Waals surface area contributed by atoms with E-state index in [1.807, 2.05) is 19.1 Å². The number of nitrogens with zero attached hydrogens (tertiary/aromatic N) is 1. The summed E-state index contributed by atoms with van der Waals surface area (Å²) in [6.45, 7) is 7.07. The lowest BCUT2D eigenvalue weighted by Gasteiger charge is -2.31. The molecule has 0 bridgehead atoms. The van der Waals surface area contributed by atoms with Gasteiger partial charge >= 0.3 is 0 Å². The van der Waals surface area contributed by atoms with Gasteiger partial charge in [0.1, 0.15) is 11.5 Å². The number of hydrogen-bond acceptors (Lipinski definition) is 4. The smallest absolute Gasteiger partial charge is 0.244 e. The van der Waals surface area contributed by atoms with Crippen LogP contribution in [0.3, 0.4) is 0 Å². The summed E-state index contributed by atoms with van der Waals surface area (Å²) >= 11 is 0. The summed E-state index contributed by atoms with van der Waals surface area (Å²) in [5, 5.41) is 12.7. The molecule has 5 nitrogen and oxygen atoms in total. The number of aliphatic hydroxyl groups excluding tert-OH is 1. The number of aryl methyl sites for hydroxylation is 1. The molecule has 1 amide bonds. The van der Waals surface area contributed by atoms with E-state index in [2.05, 4.69) is 17.1 Å². The molecule has 5 heteroatoms. The maximum atomic E-state index is 11.7. The second-order valence-electron chi connectivity index (χ2n) is 6.16. The highest BCUT2D eigenvalue weighted by atomic mass is 16.3. The Kier molecular flexibility index (Phi) is 6.21. The minimum Gasteiger partial charge on any atom is -0.462 e. The molecule has 22 heavy (non-hydrogen) atoms. The Morgan fingerprint density at radius 2 is 2.23 bits per heavy atom. The minimum absolute atomic E-state index is 0.222. The van der Waals surface area contributed by atoms with E-state index < -0.39 is 6.10 Å². The molecule has 2 N–H and O–H groups in total. The van der Waals surface area contributed by atoms with Gasteiger partial charge in [-0.2, -0.15) is 0 Å². The first-order valence-corrected chi connectivity index (χ1v) is 7.95. The van der Waals surface area contributed by atoms with Crippen LogP contribution in [0.2, 0.25) is 0 Å². The number of likely N-dealkylation sites (tertiary alicyclic amines) is 1. The average molecular weight is 306 g/mol. The van der Waals surface area contributed by atoms with Gasteiger partial charge in [0.15, 0.2) is 0 Å². The molecule has 0 spiro atoms. The number of amides is 1. The van der Waals surface area contributed by atoms with Crippen molar-refractivity contribution in [3.05, 3.63) is 29.7 Å². The van der Waals surface area contributed by atoms with Gasteiger partial charge in [0.2, 0.25) is 5.91 Å². The van der Waals surface area contributed by atoms with Crippen LogP contribution in [0.1, 0.15) is 31.3 Å². The fourth-order valence-corrected chi connectivity index (χ4v) is 2.59. The Bertz CT molecular complexity index is 502. The number of nitrogens with one attached hydrogen (secondary N) is 1. The predicted molar refractivity (Wildman–Crippen MR) is 86.3 cm³/mol. The summed E-state index contributed by atoms with van der Waals surface area (Å²) in [6.07, 6.45) is 4.89. The normalized spacial score (nSPS) is 18.7. The Morgan fingerprint density at radius 1 is 1.50 bits per heavy atom. The van der Waals surface area contributed by atoms with Crippen molar-refractivity contribution in [2.24, 2.45) is 5.92 Å². The fraction of sp³-hybridized carbons (Fsp3) is 0.588. The molecule has 2 heterocycles. The molecule has 2 rings (SSSR count).